The molecule has 1 aliphatic carbocycles. The van der Waals surface area contributed by atoms with E-state index in [-0.39, 0.29) is 0 Å². The number of aryl methyl sites for hydroxylation is 2. The first kappa shape index (κ1) is 12.6. The number of piperidine rings is 1. The summed E-state index contributed by atoms with van der Waals surface area (Å²) in [5, 5.41) is 0. The highest BCUT2D eigenvalue weighted by Crippen LogP contribution is 2.44. The molecule has 2 N–H and O–H groups in total. The van der Waals surface area contributed by atoms with Crippen LogP contribution in [0, 0.1) is 19.8 Å². The van der Waals surface area contributed by atoms with Crippen molar-refractivity contribution in [3.63, 3.8) is 0 Å². The Morgan fingerprint density at radius 1 is 1.33 bits per heavy atom. The van der Waals surface area contributed by atoms with E-state index in [1.165, 1.54) is 42.0 Å². The SMILES string of the molecule is Cc1cc(C2C(CN)CCCN2C2CC2)c(C)s1. The fourth-order valence-corrected chi connectivity index (χ4v) is 4.51. The Hall–Kier alpha value is -0.380. The summed E-state index contributed by atoms with van der Waals surface area (Å²) in [7, 11) is 0. The maximum absolute atomic E-state index is 6.05. The topological polar surface area (TPSA) is 29.3 Å². The van der Waals surface area contributed by atoms with Crippen LogP contribution in [0.25, 0.3) is 0 Å². The summed E-state index contributed by atoms with van der Waals surface area (Å²) >= 11 is 1.94. The summed E-state index contributed by atoms with van der Waals surface area (Å²) in [5.41, 5.74) is 7.62. The van der Waals surface area contributed by atoms with Crippen molar-refractivity contribution < 1.29 is 0 Å². The van der Waals surface area contributed by atoms with Gasteiger partial charge in [0.1, 0.15) is 0 Å². The predicted molar refractivity (Wildman–Crippen MR) is 78.0 cm³/mol. The molecule has 3 heteroatoms. The van der Waals surface area contributed by atoms with Crippen LogP contribution >= 0.6 is 11.3 Å². The highest BCUT2D eigenvalue weighted by molar-refractivity contribution is 7.12. The van der Waals surface area contributed by atoms with Crippen LogP contribution in [0.2, 0.25) is 0 Å². The first-order valence-corrected chi connectivity index (χ1v) is 8.05. The first-order chi connectivity index (χ1) is 8.70. The second-order valence-corrected chi connectivity index (χ2v) is 7.38. The van der Waals surface area contributed by atoms with Crippen LogP contribution in [-0.2, 0) is 0 Å². The zero-order chi connectivity index (χ0) is 12.7. The van der Waals surface area contributed by atoms with E-state index in [1.807, 2.05) is 11.3 Å². The van der Waals surface area contributed by atoms with Crippen LogP contribution in [0.4, 0.5) is 0 Å². The number of rotatable bonds is 3. The average Bonchev–Trinajstić information content (AvgIpc) is 3.14. The molecule has 1 aromatic heterocycles. The molecule has 2 unspecified atom stereocenters. The van der Waals surface area contributed by atoms with E-state index in [1.54, 1.807) is 5.56 Å². The molecule has 100 valence electrons. The normalized spacial score (nSPS) is 29.7. The largest absolute Gasteiger partial charge is 0.330 e. The fraction of sp³-hybridized carbons (Fsp3) is 0.733. The Morgan fingerprint density at radius 2 is 2.11 bits per heavy atom. The molecule has 3 rings (SSSR count). The number of hydrogen-bond acceptors (Lipinski definition) is 3. The van der Waals surface area contributed by atoms with Gasteiger partial charge in [-0.1, -0.05) is 0 Å². The number of hydrogen-bond donors (Lipinski definition) is 1. The summed E-state index contributed by atoms with van der Waals surface area (Å²) in [6.07, 6.45) is 5.43. The molecule has 2 fully saturated rings. The minimum absolute atomic E-state index is 0.598. The monoisotopic (exact) mass is 264 g/mol. The van der Waals surface area contributed by atoms with E-state index in [4.69, 9.17) is 5.73 Å². The number of nitrogens with zero attached hydrogens (tertiary/aromatic N) is 1. The van der Waals surface area contributed by atoms with Crippen molar-refractivity contribution in [2.75, 3.05) is 13.1 Å². The van der Waals surface area contributed by atoms with Crippen LogP contribution in [0.15, 0.2) is 6.07 Å². The molecule has 1 saturated heterocycles. The molecule has 0 aromatic carbocycles. The smallest absolute Gasteiger partial charge is 0.0402 e. The minimum Gasteiger partial charge on any atom is -0.330 e. The Morgan fingerprint density at radius 3 is 2.67 bits per heavy atom. The lowest BCUT2D eigenvalue weighted by Crippen LogP contribution is -2.42. The Balaban J connectivity index is 1.94. The maximum atomic E-state index is 6.05. The van der Waals surface area contributed by atoms with Gasteiger partial charge < -0.3 is 5.73 Å². The zero-order valence-corrected chi connectivity index (χ0v) is 12.3. The molecule has 1 aromatic rings. The van der Waals surface area contributed by atoms with Gasteiger partial charge in [0, 0.05) is 21.8 Å². The molecule has 2 aliphatic rings. The van der Waals surface area contributed by atoms with Crippen molar-refractivity contribution in [1.82, 2.24) is 4.90 Å². The Bertz CT molecular complexity index is 422. The summed E-state index contributed by atoms with van der Waals surface area (Å²) in [6, 6.07) is 3.86. The third-order valence-electron chi connectivity index (χ3n) is 4.51. The second-order valence-electron chi connectivity index (χ2n) is 5.92. The van der Waals surface area contributed by atoms with Crippen LogP contribution in [0.1, 0.15) is 47.0 Å². The van der Waals surface area contributed by atoms with E-state index < -0.39 is 0 Å². The molecule has 18 heavy (non-hydrogen) atoms. The van der Waals surface area contributed by atoms with Gasteiger partial charge in [-0.05, 0) is 70.2 Å². The van der Waals surface area contributed by atoms with Crippen LogP contribution in [0.3, 0.4) is 0 Å². The molecule has 0 bridgehead atoms. The van der Waals surface area contributed by atoms with Crippen molar-refractivity contribution >= 4 is 11.3 Å². The lowest BCUT2D eigenvalue weighted by atomic mass is 9.84. The van der Waals surface area contributed by atoms with Gasteiger partial charge in [-0.2, -0.15) is 0 Å². The lowest BCUT2D eigenvalue weighted by molar-refractivity contribution is 0.0878. The van der Waals surface area contributed by atoms with Crippen molar-refractivity contribution in [2.24, 2.45) is 11.7 Å². The van der Waals surface area contributed by atoms with Crippen molar-refractivity contribution in [2.45, 2.75) is 51.6 Å². The molecule has 2 atom stereocenters. The molecule has 0 amide bonds. The minimum atomic E-state index is 0.598. The molecule has 0 spiro atoms. The molecule has 1 saturated carbocycles. The quantitative estimate of drug-likeness (QED) is 0.908. The third kappa shape index (κ3) is 2.24. The van der Waals surface area contributed by atoms with Gasteiger partial charge in [-0.3, -0.25) is 4.90 Å². The zero-order valence-electron chi connectivity index (χ0n) is 11.5. The van der Waals surface area contributed by atoms with E-state index in [9.17, 15) is 0 Å². The van der Waals surface area contributed by atoms with Gasteiger partial charge >= 0.3 is 0 Å². The Labute approximate surface area is 114 Å². The van der Waals surface area contributed by atoms with Gasteiger partial charge in [0.25, 0.3) is 0 Å². The van der Waals surface area contributed by atoms with Crippen LogP contribution in [-0.4, -0.2) is 24.0 Å². The summed E-state index contributed by atoms with van der Waals surface area (Å²) in [4.78, 5) is 5.71. The van der Waals surface area contributed by atoms with Crippen molar-refractivity contribution in [3.05, 3.63) is 21.4 Å². The molecule has 1 aliphatic heterocycles. The average molecular weight is 264 g/mol. The van der Waals surface area contributed by atoms with Crippen LogP contribution < -0.4 is 5.73 Å². The summed E-state index contributed by atoms with van der Waals surface area (Å²) < 4.78 is 0. The van der Waals surface area contributed by atoms with E-state index >= 15 is 0 Å². The molecular weight excluding hydrogens is 240 g/mol. The summed E-state index contributed by atoms with van der Waals surface area (Å²) in [5.74, 6) is 0.659. The predicted octanol–water partition coefficient (Wildman–Crippen LogP) is 3.24. The van der Waals surface area contributed by atoms with Crippen molar-refractivity contribution in [3.8, 4) is 0 Å². The summed E-state index contributed by atoms with van der Waals surface area (Å²) in [6.45, 7) is 6.62. The number of nitrogens with two attached hydrogens (primary N) is 1. The first-order valence-electron chi connectivity index (χ1n) is 7.23. The number of thiophene rings is 1. The highest BCUT2D eigenvalue weighted by atomic mass is 32.1. The van der Waals surface area contributed by atoms with Gasteiger partial charge in [-0.25, -0.2) is 0 Å². The lowest BCUT2D eigenvalue weighted by Gasteiger charge is -2.41. The molecule has 0 radical (unpaired) electrons. The van der Waals surface area contributed by atoms with Crippen LogP contribution in [0.5, 0.6) is 0 Å². The maximum Gasteiger partial charge on any atom is 0.0402 e. The van der Waals surface area contributed by atoms with Gasteiger partial charge in [0.05, 0.1) is 0 Å². The Kier molecular flexibility index (Phi) is 3.48. The van der Waals surface area contributed by atoms with E-state index in [2.05, 4.69) is 24.8 Å². The number of likely N-dealkylation sites (tertiary alicyclic amines) is 1. The van der Waals surface area contributed by atoms with E-state index in [0.29, 0.717) is 12.0 Å². The fourth-order valence-electron chi connectivity index (χ4n) is 3.54. The molecule has 2 nitrogen and oxygen atoms in total. The standard InChI is InChI=1S/C15H24N2S/c1-10-8-14(11(2)18-10)15-12(9-16)4-3-7-17(15)13-5-6-13/h8,12-13,15H,3-7,9,16H2,1-2H3. The van der Waals surface area contributed by atoms with Gasteiger partial charge in [0.15, 0.2) is 0 Å². The van der Waals surface area contributed by atoms with Gasteiger partial charge in [-0.15, -0.1) is 11.3 Å². The highest BCUT2D eigenvalue weighted by Gasteiger charge is 2.40. The second kappa shape index (κ2) is 4.95. The van der Waals surface area contributed by atoms with Gasteiger partial charge in [0.2, 0.25) is 0 Å². The molecular formula is C15H24N2S. The van der Waals surface area contributed by atoms with E-state index in [0.717, 1.165) is 12.6 Å². The molecule has 2 heterocycles. The van der Waals surface area contributed by atoms with Crippen molar-refractivity contribution in [1.29, 1.82) is 0 Å². The third-order valence-corrected chi connectivity index (χ3v) is 5.49.